The number of hydrogen-bond donors (Lipinski definition) is 1. The summed E-state index contributed by atoms with van der Waals surface area (Å²) in [4.78, 5) is 10.9. The Morgan fingerprint density at radius 1 is 1.42 bits per heavy atom. The van der Waals surface area contributed by atoms with E-state index in [1.165, 1.54) is 19.1 Å². The van der Waals surface area contributed by atoms with Gasteiger partial charge in [0.25, 0.3) is 0 Å². The van der Waals surface area contributed by atoms with Gasteiger partial charge in [0.1, 0.15) is 23.5 Å². The molecule has 0 amide bonds. The third-order valence-electron chi connectivity index (χ3n) is 2.72. The predicted molar refractivity (Wildman–Crippen MR) is 74.0 cm³/mol. The van der Waals surface area contributed by atoms with Crippen LogP contribution in [-0.4, -0.2) is 25.0 Å². The number of carbonyl (C=O) groups is 1. The van der Waals surface area contributed by atoms with Crippen molar-refractivity contribution < 1.29 is 13.9 Å². The van der Waals surface area contributed by atoms with Crippen LogP contribution in [0.5, 0.6) is 5.75 Å². The fourth-order valence-corrected chi connectivity index (χ4v) is 1.78. The number of nitrogens with one attached hydrogen (secondary N) is 1. The van der Waals surface area contributed by atoms with Gasteiger partial charge in [-0.3, -0.25) is 0 Å². The van der Waals surface area contributed by atoms with E-state index < -0.39 is 0 Å². The second-order valence-electron chi connectivity index (χ2n) is 4.73. The number of rotatable bonds is 8. The Labute approximate surface area is 114 Å². The Morgan fingerprint density at radius 3 is 2.79 bits per heavy atom. The van der Waals surface area contributed by atoms with Crippen LogP contribution in [-0.2, 0) is 11.2 Å². The topological polar surface area (TPSA) is 38.3 Å². The lowest BCUT2D eigenvalue weighted by molar-refractivity contribution is -0.116. The van der Waals surface area contributed by atoms with Crippen molar-refractivity contribution in [1.29, 1.82) is 0 Å². The fourth-order valence-electron chi connectivity index (χ4n) is 1.78. The monoisotopic (exact) mass is 267 g/mol. The molecule has 1 atom stereocenters. The summed E-state index contributed by atoms with van der Waals surface area (Å²) in [6.45, 7) is 7.09. The van der Waals surface area contributed by atoms with Crippen LogP contribution in [0, 0.1) is 5.82 Å². The highest BCUT2D eigenvalue weighted by molar-refractivity contribution is 5.75. The number of aryl methyl sites for hydroxylation is 1. The van der Waals surface area contributed by atoms with E-state index in [9.17, 15) is 9.18 Å². The molecule has 0 heterocycles. The molecule has 0 radical (unpaired) electrons. The third kappa shape index (κ3) is 6.34. The van der Waals surface area contributed by atoms with Crippen LogP contribution in [0.1, 0.15) is 32.8 Å². The third-order valence-corrected chi connectivity index (χ3v) is 2.72. The van der Waals surface area contributed by atoms with Crippen molar-refractivity contribution in [2.24, 2.45) is 0 Å². The maximum Gasteiger partial charge on any atom is 0.130 e. The summed E-state index contributed by atoms with van der Waals surface area (Å²) in [6, 6.07) is 4.62. The Hall–Kier alpha value is -1.42. The second kappa shape index (κ2) is 7.89. The summed E-state index contributed by atoms with van der Waals surface area (Å²) < 4.78 is 19.1. The molecule has 1 aromatic rings. The van der Waals surface area contributed by atoms with Crippen molar-refractivity contribution in [2.45, 2.75) is 39.7 Å². The van der Waals surface area contributed by atoms with Gasteiger partial charge in [-0.1, -0.05) is 6.92 Å². The lowest BCUT2D eigenvalue weighted by atomic mass is 10.1. The lowest BCUT2D eigenvalue weighted by Crippen LogP contribution is -2.28. The molecule has 19 heavy (non-hydrogen) atoms. The van der Waals surface area contributed by atoms with Gasteiger partial charge in [-0.15, -0.1) is 0 Å². The lowest BCUT2D eigenvalue weighted by Gasteiger charge is -2.15. The van der Waals surface area contributed by atoms with Crippen molar-refractivity contribution >= 4 is 5.78 Å². The highest BCUT2D eigenvalue weighted by Gasteiger charge is 2.07. The number of hydrogen-bond acceptors (Lipinski definition) is 3. The van der Waals surface area contributed by atoms with Crippen LogP contribution >= 0.6 is 0 Å². The minimum Gasteiger partial charge on any atom is -0.489 e. The molecule has 1 rings (SSSR count). The number of ketones is 1. The SMILES string of the molecule is CCNC[C@@H](C)Oc1cc(F)cc(CCC(C)=O)c1. The van der Waals surface area contributed by atoms with E-state index in [-0.39, 0.29) is 17.7 Å². The van der Waals surface area contributed by atoms with Gasteiger partial charge in [-0.2, -0.15) is 0 Å². The molecule has 106 valence electrons. The van der Waals surface area contributed by atoms with E-state index in [4.69, 9.17) is 4.74 Å². The average Bonchev–Trinajstić information content (AvgIpc) is 2.33. The van der Waals surface area contributed by atoms with Crippen molar-refractivity contribution in [3.8, 4) is 5.75 Å². The maximum atomic E-state index is 13.5. The molecule has 0 aliphatic carbocycles. The van der Waals surface area contributed by atoms with Gasteiger partial charge >= 0.3 is 0 Å². The molecule has 0 spiro atoms. The zero-order valence-corrected chi connectivity index (χ0v) is 11.8. The highest BCUT2D eigenvalue weighted by atomic mass is 19.1. The van der Waals surface area contributed by atoms with Crippen LogP contribution < -0.4 is 10.1 Å². The van der Waals surface area contributed by atoms with Gasteiger partial charge in [0.05, 0.1) is 0 Å². The minimum absolute atomic E-state index is 0.0255. The van der Waals surface area contributed by atoms with E-state index in [0.29, 0.717) is 18.6 Å². The zero-order chi connectivity index (χ0) is 14.3. The van der Waals surface area contributed by atoms with Gasteiger partial charge in [-0.25, -0.2) is 4.39 Å². The number of halogens is 1. The molecule has 1 aromatic carbocycles. The summed E-state index contributed by atoms with van der Waals surface area (Å²) in [5.41, 5.74) is 0.792. The van der Waals surface area contributed by atoms with Crippen LogP contribution in [0.25, 0.3) is 0 Å². The summed E-state index contributed by atoms with van der Waals surface area (Å²) >= 11 is 0. The van der Waals surface area contributed by atoms with E-state index in [0.717, 1.165) is 18.7 Å². The van der Waals surface area contributed by atoms with Crippen molar-refractivity contribution in [2.75, 3.05) is 13.1 Å². The Kier molecular flexibility index (Phi) is 6.50. The quantitative estimate of drug-likeness (QED) is 0.787. The highest BCUT2D eigenvalue weighted by Crippen LogP contribution is 2.19. The summed E-state index contributed by atoms with van der Waals surface area (Å²) in [7, 11) is 0. The van der Waals surface area contributed by atoms with Gasteiger partial charge in [0.2, 0.25) is 0 Å². The summed E-state index contributed by atoms with van der Waals surface area (Å²) in [6.07, 6.45) is 0.948. The molecule has 0 aliphatic heterocycles. The molecule has 0 bridgehead atoms. The van der Waals surface area contributed by atoms with Gasteiger partial charge < -0.3 is 14.8 Å². The zero-order valence-electron chi connectivity index (χ0n) is 11.8. The molecule has 0 unspecified atom stereocenters. The Balaban J connectivity index is 2.64. The van der Waals surface area contributed by atoms with Crippen LogP contribution in [0.4, 0.5) is 4.39 Å². The minimum atomic E-state index is -0.327. The van der Waals surface area contributed by atoms with E-state index in [2.05, 4.69) is 5.32 Å². The number of Topliss-reactive ketones (excluding diaryl/α,β-unsaturated/α-hetero) is 1. The Morgan fingerprint density at radius 2 is 2.16 bits per heavy atom. The molecule has 0 saturated carbocycles. The average molecular weight is 267 g/mol. The van der Waals surface area contributed by atoms with Gasteiger partial charge in [0.15, 0.2) is 0 Å². The number of benzene rings is 1. The van der Waals surface area contributed by atoms with Crippen molar-refractivity contribution in [1.82, 2.24) is 5.32 Å². The standard InChI is InChI=1S/C15H22FNO2/c1-4-17-10-12(3)19-15-8-13(6-5-11(2)18)7-14(16)9-15/h7-9,12,17H,4-6,10H2,1-3H3/t12-/m1/s1. The summed E-state index contributed by atoms with van der Waals surface area (Å²) in [5, 5.41) is 3.17. The van der Waals surface area contributed by atoms with Crippen molar-refractivity contribution in [3.05, 3.63) is 29.6 Å². The predicted octanol–water partition coefficient (Wildman–Crippen LogP) is 2.72. The molecule has 0 saturated heterocycles. The first-order valence-electron chi connectivity index (χ1n) is 6.67. The van der Waals surface area contributed by atoms with E-state index in [1.807, 2.05) is 13.8 Å². The molecule has 1 N–H and O–H groups in total. The summed E-state index contributed by atoms with van der Waals surface area (Å²) in [5.74, 6) is 0.294. The van der Waals surface area contributed by atoms with Crippen LogP contribution in [0.15, 0.2) is 18.2 Å². The number of ether oxygens (including phenoxy) is 1. The van der Waals surface area contributed by atoms with Gasteiger partial charge in [-0.05, 0) is 44.5 Å². The normalized spacial score (nSPS) is 12.2. The first kappa shape index (κ1) is 15.6. The smallest absolute Gasteiger partial charge is 0.130 e. The Bertz CT molecular complexity index is 421. The molecule has 0 aromatic heterocycles. The molecule has 4 heteroatoms. The van der Waals surface area contributed by atoms with E-state index in [1.54, 1.807) is 6.07 Å². The number of carbonyl (C=O) groups excluding carboxylic acids is 1. The van der Waals surface area contributed by atoms with Gasteiger partial charge in [0, 0.05) is 19.0 Å². The largest absolute Gasteiger partial charge is 0.489 e. The number of likely N-dealkylation sites (N-methyl/N-ethyl adjacent to an activating group) is 1. The molecule has 3 nitrogen and oxygen atoms in total. The van der Waals surface area contributed by atoms with Crippen LogP contribution in [0.2, 0.25) is 0 Å². The van der Waals surface area contributed by atoms with E-state index >= 15 is 0 Å². The molecule has 0 fully saturated rings. The second-order valence-corrected chi connectivity index (χ2v) is 4.73. The first-order valence-corrected chi connectivity index (χ1v) is 6.67. The molecular weight excluding hydrogens is 245 g/mol. The first-order chi connectivity index (χ1) is 9.01. The maximum absolute atomic E-state index is 13.5. The molecular formula is C15H22FNO2. The van der Waals surface area contributed by atoms with Crippen LogP contribution in [0.3, 0.4) is 0 Å². The molecule has 0 aliphatic rings. The fraction of sp³-hybridized carbons (Fsp3) is 0.533. The van der Waals surface area contributed by atoms with Crippen molar-refractivity contribution in [3.63, 3.8) is 0 Å².